The van der Waals surface area contributed by atoms with Gasteiger partial charge in [0.1, 0.15) is 5.82 Å². The van der Waals surface area contributed by atoms with Gasteiger partial charge in [0.05, 0.1) is 12.2 Å². The number of carbonyl (C=O) groups is 1. The molecule has 1 atom stereocenters. The Morgan fingerprint density at radius 2 is 2.32 bits per heavy atom. The average molecular weight is 344 g/mol. The number of aromatic nitrogens is 1. The predicted octanol–water partition coefficient (Wildman–Crippen LogP) is 0.825. The highest BCUT2D eigenvalue weighted by molar-refractivity contribution is 5.81. The number of amides is 1. The Balaban J connectivity index is 1.63. The molecule has 25 heavy (non-hydrogen) atoms. The van der Waals surface area contributed by atoms with Crippen molar-refractivity contribution in [2.45, 2.75) is 25.8 Å². The molecule has 136 valence electrons. The SMILES string of the molecule is CN=C(NCc1cccc(N(C)C)n1)N1CCCC2(CNC(=O)C2)C1. The molecule has 0 radical (unpaired) electrons. The van der Waals surface area contributed by atoms with E-state index in [9.17, 15) is 4.79 Å². The summed E-state index contributed by atoms with van der Waals surface area (Å²) in [7, 11) is 5.79. The van der Waals surface area contributed by atoms with Crippen LogP contribution in [0.4, 0.5) is 5.82 Å². The molecule has 1 spiro atoms. The highest BCUT2D eigenvalue weighted by Gasteiger charge is 2.42. The van der Waals surface area contributed by atoms with Gasteiger partial charge < -0.3 is 20.4 Å². The van der Waals surface area contributed by atoms with Crippen molar-refractivity contribution < 1.29 is 4.79 Å². The van der Waals surface area contributed by atoms with Crippen LogP contribution in [0.2, 0.25) is 0 Å². The van der Waals surface area contributed by atoms with Gasteiger partial charge in [-0.25, -0.2) is 4.98 Å². The standard InChI is InChI=1S/C18H28N6O/c1-19-17(20-11-14-6-4-7-15(22-14)23(2)3)24-9-5-8-18(13-24)10-16(25)21-12-18/h4,6-7H,5,8-13H2,1-3H3,(H,19,20)(H,21,25). The van der Waals surface area contributed by atoms with Gasteiger partial charge in [-0.2, -0.15) is 0 Å². The van der Waals surface area contributed by atoms with Crippen molar-refractivity contribution in [1.29, 1.82) is 0 Å². The van der Waals surface area contributed by atoms with Crippen molar-refractivity contribution in [2.24, 2.45) is 10.4 Å². The monoisotopic (exact) mass is 344 g/mol. The van der Waals surface area contributed by atoms with E-state index in [0.717, 1.165) is 49.9 Å². The van der Waals surface area contributed by atoms with E-state index < -0.39 is 0 Å². The Hall–Kier alpha value is -2.31. The van der Waals surface area contributed by atoms with Crippen LogP contribution in [-0.2, 0) is 11.3 Å². The molecular weight excluding hydrogens is 316 g/mol. The largest absolute Gasteiger partial charge is 0.363 e. The van der Waals surface area contributed by atoms with Crippen LogP contribution in [0.25, 0.3) is 0 Å². The van der Waals surface area contributed by atoms with Crippen molar-refractivity contribution in [3.8, 4) is 0 Å². The van der Waals surface area contributed by atoms with Crippen LogP contribution in [-0.4, -0.2) is 62.5 Å². The topological polar surface area (TPSA) is 72.9 Å². The van der Waals surface area contributed by atoms with Gasteiger partial charge in [0.15, 0.2) is 5.96 Å². The van der Waals surface area contributed by atoms with Crippen LogP contribution >= 0.6 is 0 Å². The van der Waals surface area contributed by atoms with Gasteiger partial charge in [-0.05, 0) is 25.0 Å². The van der Waals surface area contributed by atoms with E-state index in [1.54, 1.807) is 0 Å². The quantitative estimate of drug-likeness (QED) is 0.628. The normalized spacial score (nSPS) is 23.7. The van der Waals surface area contributed by atoms with E-state index in [0.29, 0.717) is 13.0 Å². The smallest absolute Gasteiger partial charge is 0.220 e. The molecule has 1 amide bonds. The minimum Gasteiger partial charge on any atom is -0.363 e. The summed E-state index contributed by atoms with van der Waals surface area (Å²) in [6.45, 7) is 3.26. The van der Waals surface area contributed by atoms with E-state index in [1.807, 2.05) is 44.2 Å². The lowest BCUT2D eigenvalue weighted by molar-refractivity contribution is -0.119. The molecule has 0 bridgehead atoms. The Kier molecular flexibility index (Phi) is 5.11. The number of hydrogen-bond donors (Lipinski definition) is 2. The second-order valence-corrected chi connectivity index (χ2v) is 7.26. The molecule has 0 aliphatic carbocycles. The van der Waals surface area contributed by atoms with E-state index in [1.165, 1.54) is 0 Å². The minimum atomic E-state index is 0.0655. The first-order chi connectivity index (χ1) is 12.0. The minimum absolute atomic E-state index is 0.0655. The highest BCUT2D eigenvalue weighted by atomic mass is 16.1. The molecule has 1 unspecified atom stereocenters. The van der Waals surface area contributed by atoms with Gasteiger partial charge in [0.2, 0.25) is 5.91 Å². The number of rotatable bonds is 3. The fourth-order valence-corrected chi connectivity index (χ4v) is 3.75. The van der Waals surface area contributed by atoms with Crippen molar-refractivity contribution >= 4 is 17.7 Å². The molecule has 0 aromatic carbocycles. The summed E-state index contributed by atoms with van der Waals surface area (Å²) in [5.41, 5.74) is 1.05. The first-order valence-corrected chi connectivity index (χ1v) is 8.87. The zero-order valence-electron chi connectivity index (χ0n) is 15.4. The van der Waals surface area contributed by atoms with E-state index in [4.69, 9.17) is 0 Å². The summed E-state index contributed by atoms with van der Waals surface area (Å²) in [5, 5.41) is 6.42. The maximum atomic E-state index is 11.7. The zero-order valence-corrected chi connectivity index (χ0v) is 15.4. The molecular formula is C18H28N6O. The lowest BCUT2D eigenvalue weighted by Gasteiger charge is -2.40. The summed E-state index contributed by atoms with van der Waals surface area (Å²) in [6, 6.07) is 6.04. The Labute approximate surface area is 149 Å². The van der Waals surface area contributed by atoms with Gasteiger partial charge in [0.25, 0.3) is 0 Å². The Morgan fingerprint density at radius 1 is 1.48 bits per heavy atom. The van der Waals surface area contributed by atoms with E-state index >= 15 is 0 Å². The van der Waals surface area contributed by atoms with E-state index in [-0.39, 0.29) is 11.3 Å². The fourth-order valence-electron chi connectivity index (χ4n) is 3.75. The number of anilines is 1. The van der Waals surface area contributed by atoms with Crippen LogP contribution < -0.4 is 15.5 Å². The van der Waals surface area contributed by atoms with Crippen molar-refractivity contribution in [1.82, 2.24) is 20.5 Å². The number of hydrogen-bond acceptors (Lipinski definition) is 4. The Bertz CT molecular complexity index is 659. The van der Waals surface area contributed by atoms with Crippen molar-refractivity contribution in [3.63, 3.8) is 0 Å². The number of aliphatic imine (C=N–C) groups is 1. The zero-order chi connectivity index (χ0) is 17.9. The molecule has 0 saturated carbocycles. The number of pyridine rings is 1. The number of piperidine rings is 1. The van der Waals surface area contributed by atoms with Crippen LogP contribution in [0.15, 0.2) is 23.2 Å². The molecule has 2 N–H and O–H groups in total. The second kappa shape index (κ2) is 7.29. The molecule has 2 aliphatic rings. The lowest BCUT2D eigenvalue weighted by Crippen LogP contribution is -2.51. The molecule has 2 fully saturated rings. The molecule has 7 heteroatoms. The van der Waals surface area contributed by atoms with Crippen molar-refractivity contribution in [3.05, 3.63) is 23.9 Å². The molecule has 7 nitrogen and oxygen atoms in total. The van der Waals surface area contributed by atoms with Crippen LogP contribution in [0.1, 0.15) is 25.0 Å². The third kappa shape index (κ3) is 4.03. The maximum absolute atomic E-state index is 11.7. The molecule has 1 aromatic rings. The van der Waals surface area contributed by atoms with Gasteiger partial charge in [-0.3, -0.25) is 9.79 Å². The summed E-state index contributed by atoms with van der Waals surface area (Å²) in [4.78, 5) is 25.0. The lowest BCUT2D eigenvalue weighted by atomic mass is 9.79. The van der Waals surface area contributed by atoms with Gasteiger partial charge in [0, 0.05) is 52.6 Å². The van der Waals surface area contributed by atoms with Gasteiger partial charge in [-0.15, -0.1) is 0 Å². The van der Waals surface area contributed by atoms with Crippen LogP contribution in [0, 0.1) is 5.41 Å². The maximum Gasteiger partial charge on any atom is 0.220 e. The summed E-state index contributed by atoms with van der Waals surface area (Å²) < 4.78 is 0. The summed E-state index contributed by atoms with van der Waals surface area (Å²) in [5.74, 6) is 2.01. The molecule has 2 aliphatic heterocycles. The van der Waals surface area contributed by atoms with Gasteiger partial charge in [-0.1, -0.05) is 6.07 Å². The van der Waals surface area contributed by atoms with E-state index in [2.05, 4.69) is 25.5 Å². The van der Waals surface area contributed by atoms with Gasteiger partial charge >= 0.3 is 0 Å². The fraction of sp³-hybridized carbons (Fsp3) is 0.611. The van der Waals surface area contributed by atoms with Crippen molar-refractivity contribution in [2.75, 3.05) is 45.7 Å². The first kappa shape index (κ1) is 17.5. The highest BCUT2D eigenvalue weighted by Crippen LogP contribution is 2.35. The molecule has 3 heterocycles. The van der Waals surface area contributed by atoms with Crippen LogP contribution in [0.3, 0.4) is 0 Å². The number of carbonyl (C=O) groups excluding carboxylic acids is 1. The number of nitrogens with zero attached hydrogens (tertiary/aromatic N) is 4. The number of nitrogens with one attached hydrogen (secondary N) is 2. The Morgan fingerprint density at radius 3 is 3.00 bits per heavy atom. The third-order valence-corrected chi connectivity index (χ3v) is 5.05. The van der Waals surface area contributed by atoms with Crippen LogP contribution in [0.5, 0.6) is 0 Å². The average Bonchev–Trinajstić information content (AvgIpc) is 2.95. The predicted molar refractivity (Wildman–Crippen MR) is 99.6 cm³/mol. The third-order valence-electron chi connectivity index (χ3n) is 5.05. The molecule has 1 aromatic heterocycles. The number of guanidine groups is 1. The first-order valence-electron chi connectivity index (χ1n) is 8.87. The molecule has 3 rings (SSSR count). The summed E-state index contributed by atoms with van der Waals surface area (Å²) >= 11 is 0. The molecule has 2 saturated heterocycles. The second-order valence-electron chi connectivity index (χ2n) is 7.26. The number of likely N-dealkylation sites (tertiary alicyclic amines) is 1. The summed E-state index contributed by atoms with van der Waals surface area (Å²) in [6.07, 6.45) is 2.82.